The molecule has 0 saturated heterocycles. The first-order valence-corrected chi connectivity index (χ1v) is 11.1. The van der Waals surface area contributed by atoms with Gasteiger partial charge < -0.3 is 10.6 Å². The average molecular weight is 411 g/mol. The highest BCUT2D eigenvalue weighted by Crippen LogP contribution is 2.30. The van der Waals surface area contributed by atoms with E-state index in [9.17, 15) is 4.79 Å². The van der Waals surface area contributed by atoms with Gasteiger partial charge in [-0.15, -0.1) is 10.2 Å². The second-order valence-corrected chi connectivity index (χ2v) is 9.06. The maximum atomic E-state index is 12.3. The molecule has 4 rings (SSSR count). The lowest BCUT2D eigenvalue weighted by atomic mass is 10.0. The molecule has 1 fully saturated rings. The summed E-state index contributed by atoms with van der Waals surface area (Å²) in [7, 11) is 0. The molecule has 7 heteroatoms. The van der Waals surface area contributed by atoms with Gasteiger partial charge >= 0.3 is 0 Å². The van der Waals surface area contributed by atoms with E-state index >= 15 is 0 Å². The zero-order chi connectivity index (χ0) is 19.3. The van der Waals surface area contributed by atoms with Crippen molar-refractivity contribution >= 4 is 34.1 Å². The lowest BCUT2D eigenvalue weighted by Crippen LogP contribution is -2.28. The first-order valence-electron chi connectivity index (χ1n) is 9.35. The smallest absolute Gasteiger partial charge is 0.230 e. The Morgan fingerprint density at radius 2 is 1.82 bits per heavy atom. The summed E-state index contributed by atoms with van der Waals surface area (Å²) < 4.78 is 0.818. The molecule has 1 aromatic heterocycles. The highest BCUT2D eigenvalue weighted by atomic mass is 32.2. The minimum atomic E-state index is -0.0422. The van der Waals surface area contributed by atoms with Gasteiger partial charge in [0.2, 0.25) is 11.0 Å². The van der Waals surface area contributed by atoms with Crippen molar-refractivity contribution < 1.29 is 4.79 Å². The molecule has 1 aliphatic rings. The van der Waals surface area contributed by atoms with E-state index in [0.717, 1.165) is 15.0 Å². The quantitative estimate of drug-likeness (QED) is 0.525. The third kappa shape index (κ3) is 5.11. The summed E-state index contributed by atoms with van der Waals surface area (Å²) in [5, 5.41) is 15.5. The monoisotopic (exact) mass is 410 g/mol. The Balaban J connectivity index is 1.27. The van der Waals surface area contributed by atoms with Crippen LogP contribution in [0.5, 0.6) is 0 Å². The van der Waals surface area contributed by atoms with Gasteiger partial charge in [0.25, 0.3) is 0 Å². The van der Waals surface area contributed by atoms with E-state index in [1.807, 2.05) is 25.1 Å². The van der Waals surface area contributed by atoms with Gasteiger partial charge in [0, 0.05) is 6.04 Å². The number of nitrogens with one attached hydrogen (secondary N) is 2. The van der Waals surface area contributed by atoms with Gasteiger partial charge in [-0.25, -0.2) is 0 Å². The molecule has 2 aromatic carbocycles. The first-order chi connectivity index (χ1) is 13.7. The number of nitrogens with zero attached hydrogens (tertiary/aromatic N) is 2. The van der Waals surface area contributed by atoms with Crippen molar-refractivity contribution in [1.82, 2.24) is 15.5 Å². The SMILES string of the molecule is C[C@H](NC(=O)CSc1nnc(NC2CC2)s1)c1ccc(-c2ccccc2)cc1. The van der Waals surface area contributed by atoms with Crippen LogP contribution < -0.4 is 10.6 Å². The lowest BCUT2D eigenvalue weighted by Gasteiger charge is -2.14. The number of rotatable bonds is 8. The lowest BCUT2D eigenvalue weighted by molar-refractivity contribution is -0.119. The Morgan fingerprint density at radius 3 is 2.54 bits per heavy atom. The van der Waals surface area contributed by atoms with Crippen LogP contribution in [-0.2, 0) is 4.79 Å². The third-order valence-corrected chi connectivity index (χ3v) is 6.52. The zero-order valence-corrected chi connectivity index (χ0v) is 17.2. The molecule has 0 radical (unpaired) electrons. The largest absolute Gasteiger partial charge is 0.357 e. The van der Waals surface area contributed by atoms with E-state index in [1.54, 1.807) is 0 Å². The maximum absolute atomic E-state index is 12.3. The summed E-state index contributed by atoms with van der Waals surface area (Å²) in [6.07, 6.45) is 2.41. The molecule has 1 amide bonds. The predicted octanol–water partition coefficient (Wildman–Crippen LogP) is 4.75. The molecule has 3 aromatic rings. The number of aromatic nitrogens is 2. The molecule has 144 valence electrons. The summed E-state index contributed by atoms with van der Waals surface area (Å²) in [5.74, 6) is 0.335. The molecule has 1 heterocycles. The van der Waals surface area contributed by atoms with Gasteiger partial charge in [-0.2, -0.15) is 0 Å². The Hall–Kier alpha value is -2.38. The minimum Gasteiger partial charge on any atom is -0.357 e. The fourth-order valence-electron chi connectivity index (χ4n) is 2.82. The summed E-state index contributed by atoms with van der Waals surface area (Å²) in [6.45, 7) is 2.00. The second-order valence-electron chi connectivity index (χ2n) is 6.86. The molecule has 0 unspecified atom stereocenters. The number of carbonyl (C=O) groups is 1. The van der Waals surface area contributed by atoms with Crippen LogP contribution >= 0.6 is 23.1 Å². The molecule has 1 aliphatic carbocycles. The highest BCUT2D eigenvalue weighted by Gasteiger charge is 2.22. The van der Waals surface area contributed by atoms with Gasteiger partial charge in [0.15, 0.2) is 4.34 Å². The van der Waals surface area contributed by atoms with Crippen LogP contribution in [0.2, 0.25) is 0 Å². The van der Waals surface area contributed by atoms with Gasteiger partial charge in [0.05, 0.1) is 11.8 Å². The molecular formula is C21H22N4OS2. The van der Waals surface area contributed by atoms with Crippen LogP contribution in [0.4, 0.5) is 5.13 Å². The second kappa shape index (κ2) is 8.75. The van der Waals surface area contributed by atoms with Crippen molar-refractivity contribution in [2.75, 3.05) is 11.1 Å². The number of thioether (sulfide) groups is 1. The van der Waals surface area contributed by atoms with Crippen molar-refractivity contribution in [2.45, 2.75) is 36.2 Å². The van der Waals surface area contributed by atoms with Crippen LogP contribution in [0.1, 0.15) is 31.4 Å². The Morgan fingerprint density at radius 1 is 1.11 bits per heavy atom. The van der Waals surface area contributed by atoms with Crippen LogP contribution in [0.3, 0.4) is 0 Å². The molecule has 1 atom stereocenters. The van der Waals surface area contributed by atoms with Crippen molar-refractivity contribution in [3.05, 3.63) is 60.2 Å². The van der Waals surface area contributed by atoms with Gasteiger partial charge in [-0.05, 0) is 36.5 Å². The van der Waals surface area contributed by atoms with E-state index in [4.69, 9.17) is 0 Å². The number of hydrogen-bond donors (Lipinski definition) is 2. The molecule has 2 N–H and O–H groups in total. The van der Waals surface area contributed by atoms with Crippen molar-refractivity contribution in [3.8, 4) is 11.1 Å². The average Bonchev–Trinajstić information content (AvgIpc) is 3.43. The molecule has 0 bridgehead atoms. The van der Waals surface area contributed by atoms with Crippen LogP contribution in [-0.4, -0.2) is 27.9 Å². The third-order valence-electron chi connectivity index (χ3n) is 4.53. The minimum absolute atomic E-state index is 0.00321. The summed E-state index contributed by atoms with van der Waals surface area (Å²) in [4.78, 5) is 12.3. The number of hydrogen-bond acceptors (Lipinski definition) is 6. The van der Waals surface area contributed by atoms with Crippen molar-refractivity contribution in [3.63, 3.8) is 0 Å². The molecule has 28 heavy (non-hydrogen) atoms. The van der Waals surface area contributed by atoms with E-state index < -0.39 is 0 Å². The van der Waals surface area contributed by atoms with Gasteiger partial charge in [-0.3, -0.25) is 4.79 Å². The van der Waals surface area contributed by atoms with Crippen molar-refractivity contribution in [1.29, 1.82) is 0 Å². The van der Waals surface area contributed by atoms with Crippen molar-refractivity contribution in [2.24, 2.45) is 0 Å². The molecule has 0 spiro atoms. The predicted molar refractivity (Wildman–Crippen MR) is 116 cm³/mol. The van der Waals surface area contributed by atoms with Crippen LogP contribution in [0.15, 0.2) is 58.9 Å². The van der Waals surface area contributed by atoms with E-state index in [1.165, 1.54) is 47.1 Å². The normalized spacial score (nSPS) is 14.5. The maximum Gasteiger partial charge on any atom is 0.230 e. The van der Waals surface area contributed by atoms with Crippen LogP contribution in [0, 0.1) is 0 Å². The fourth-order valence-corrected chi connectivity index (χ4v) is 4.46. The highest BCUT2D eigenvalue weighted by molar-refractivity contribution is 8.01. The molecule has 5 nitrogen and oxygen atoms in total. The van der Waals surface area contributed by atoms with Crippen LogP contribution in [0.25, 0.3) is 11.1 Å². The van der Waals surface area contributed by atoms with E-state index in [-0.39, 0.29) is 11.9 Å². The zero-order valence-electron chi connectivity index (χ0n) is 15.6. The number of benzene rings is 2. The first kappa shape index (κ1) is 19.0. The summed E-state index contributed by atoms with van der Waals surface area (Å²) >= 11 is 2.93. The number of amides is 1. The Kier molecular flexibility index (Phi) is 5.92. The van der Waals surface area contributed by atoms with Gasteiger partial charge in [-0.1, -0.05) is 77.7 Å². The topological polar surface area (TPSA) is 66.9 Å². The molecular weight excluding hydrogens is 388 g/mol. The fraction of sp³-hybridized carbons (Fsp3) is 0.286. The Labute approximate surface area is 173 Å². The standard InChI is InChI=1S/C21H22N4OS2/c1-14(15-7-9-17(10-8-15)16-5-3-2-4-6-16)22-19(26)13-27-21-25-24-20(28-21)23-18-11-12-18/h2-10,14,18H,11-13H2,1H3,(H,22,26)(H,23,24)/t14-/m0/s1. The van der Waals surface area contributed by atoms with E-state index in [0.29, 0.717) is 11.8 Å². The van der Waals surface area contributed by atoms with E-state index in [2.05, 4.69) is 57.2 Å². The molecule has 0 aliphatic heterocycles. The summed E-state index contributed by atoms with van der Waals surface area (Å²) in [5.41, 5.74) is 3.45. The number of carbonyl (C=O) groups excluding carboxylic acids is 1. The Bertz CT molecular complexity index is 923. The summed E-state index contributed by atoms with van der Waals surface area (Å²) in [6, 6.07) is 19.1. The van der Waals surface area contributed by atoms with Gasteiger partial charge in [0.1, 0.15) is 0 Å². The number of anilines is 1. The molecule has 1 saturated carbocycles.